The predicted molar refractivity (Wildman–Crippen MR) is 86.9 cm³/mol. The van der Waals surface area contributed by atoms with Gasteiger partial charge in [0.15, 0.2) is 0 Å². The average Bonchev–Trinajstić information content (AvgIpc) is 2.80. The van der Waals surface area contributed by atoms with Crippen molar-refractivity contribution < 1.29 is 4.74 Å². The smallest absolute Gasteiger partial charge is 0.144 e. The second-order valence-electron chi connectivity index (χ2n) is 5.01. The number of nitrogen functional groups attached to an aromatic ring is 1. The van der Waals surface area contributed by atoms with Gasteiger partial charge in [-0.15, -0.1) is 0 Å². The fourth-order valence-electron chi connectivity index (χ4n) is 2.62. The summed E-state index contributed by atoms with van der Waals surface area (Å²) in [5.41, 5.74) is 10.4. The summed E-state index contributed by atoms with van der Waals surface area (Å²) in [5, 5.41) is 0.495. The summed E-state index contributed by atoms with van der Waals surface area (Å²) in [4.78, 5) is 4.71. The Morgan fingerprint density at radius 1 is 1.29 bits per heavy atom. The quantitative estimate of drug-likeness (QED) is 0.733. The number of ether oxygens (including phenoxy) is 1. The van der Waals surface area contributed by atoms with Gasteiger partial charge in [0.2, 0.25) is 0 Å². The number of anilines is 1. The fourth-order valence-corrected chi connectivity index (χ4v) is 2.78. The van der Waals surface area contributed by atoms with Crippen molar-refractivity contribution in [2.45, 2.75) is 6.92 Å². The Hall–Kier alpha value is -2.20. The Morgan fingerprint density at radius 2 is 2.05 bits per heavy atom. The summed E-state index contributed by atoms with van der Waals surface area (Å²) in [7, 11) is 3.60. The number of aromatic nitrogens is 2. The van der Waals surface area contributed by atoms with E-state index in [-0.39, 0.29) is 0 Å². The summed E-state index contributed by atoms with van der Waals surface area (Å²) < 4.78 is 7.48. The van der Waals surface area contributed by atoms with Crippen molar-refractivity contribution in [3.8, 4) is 17.1 Å². The van der Waals surface area contributed by atoms with Crippen LogP contribution in [0.25, 0.3) is 22.4 Å². The van der Waals surface area contributed by atoms with Crippen LogP contribution in [0.3, 0.4) is 0 Å². The molecule has 0 aliphatic rings. The number of hydrogen-bond acceptors (Lipinski definition) is 3. The monoisotopic (exact) mass is 301 g/mol. The molecule has 0 bridgehead atoms. The number of benzene rings is 2. The van der Waals surface area contributed by atoms with Crippen molar-refractivity contribution in [2.75, 3.05) is 12.8 Å². The van der Waals surface area contributed by atoms with E-state index in [0.717, 1.165) is 22.4 Å². The van der Waals surface area contributed by atoms with Crippen molar-refractivity contribution in [2.24, 2.45) is 7.05 Å². The molecule has 0 atom stereocenters. The van der Waals surface area contributed by atoms with Gasteiger partial charge >= 0.3 is 0 Å². The van der Waals surface area contributed by atoms with Gasteiger partial charge in [0.1, 0.15) is 11.6 Å². The van der Waals surface area contributed by atoms with Gasteiger partial charge in [0.25, 0.3) is 0 Å². The van der Waals surface area contributed by atoms with E-state index in [1.165, 1.54) is 5.56 Å². The Morgan fingerprint density at radius 3 is 2.71 bits per heavy atom. The van der Waals surface area contributed by atoms with Gasteiger partial charge in [-0.2, -0.15) is 0 Å². The lowest BCUT2D eigenvalue weighted by Gasteiger charge is -2.11. The molecule has 5 heteroatoms. The van der Waals surface area contributed by atoms with E-state index in [4.69, 9.17) is 27.1 Å². The average molecular weight is 302 g/mol. The molecule has 0 amide bonds. The lowest BCUT2D eigenvalue weighted by atomic mass is 10.1. The first-order valence-corrected chi connectivity index (χ1v) is 6.96. The molecule has 0 aliphatic heterocycles. The molecule has 0 fully saturated rings. The maximum atomic E-state index is 6.16. The second-order valence-corrected chi connectivity index (χ2v) is 5.42. The Balaban J connectivity index is 2.33. The van der Waals surface area contributed by atoms with Crippen molar-refractivity contribution in [1.29, 1.82) is 0 Å². The van der Waals surface area contributed by atoms with Crippen LogP contribution in [-0.4, -0.2) is 16.7 Å². The van der Waals surface area contributed by atoms with Crippen LogP contribution in [-0.2, 0) is 7.05 Å². The Labute approximate surface area is 128 Å². The van der Waals surface area contributed by atoms with Crippen molar-refractivity contribution in [3.05, 3.63) is 40.9 Å². The highest BCUT2D eigenvalue weighted by molar-refractivity contribution is 6.33. The predicted octanol–water partition coefficient (Wildman–Crippen LogP) is 3.79. The van der Waals surface area contributed by atoms with Crippen LogP contribution < -0.4 is 10.5 Å². The molecule has 2 N–H and O–H groups in total. The third-order valence-electron chi connectivity index (χ3n) is 3.66. The van der Waals surface area contributed by atoms with Crippen LogP contribution in [0.15, 0.2) is 30.3 Å². The molecule has 0 saturated heterocycles. The van der Waals surface area contributed by atoms with Gasteiger partial charge < -0.3 is 15.0 Å². The zero-order valence-electron chi connectivity index (χ0n) is 12.1. The SMILES string of the molecule is COc1cc(N)c(Cl)cc1-c1nc2cccc(C)c2n1C. The van der Waals surface area contributed by atoms with E-state index in [1.807, 2.05) is 19.2 Å². The van der Waals surface area contributed by atoms with E-state index in [2.05, 4.69) is 17.6 Å². The molecule has 1 aromatic heterocycles. The highest BCUT2D eigenvalue weighted by Gasteiger charge is 2.16. The van der Waals surface area contributed by atoms with Crippen molar-refractivity contribution >= 4 is 28.3 Å². The second kappa shape index (κ2) is 4.97. The highest BCUT2D eigenvalue weighted by Crippen LogP contribution is 2.37. The lowest BCUT2D eigenvalue weighted by Crippen LogP contribution is -1.98. The normalized spacial score (nSPS) is 11.0. The van der Waals surface area contributed by atoms with E-state index in [9.17, 15) is 0 Å². The van der Waals surface area contributed by atoms with Gasteiger partial charge in [-0.1, -0.05) is 23.7 Å². The van der Waals surface area contributed by atoms with Crippen molar-refractivity contribution in [1.82, 2.24) is 9.55 Å². The standard InChI is InChI=1S/C16H16ClN3O/c1-9-5-4-6-13-15(9)20(2)16(19-13)10-7-11(17)12(18)8-14(10)21-3/h4-8H,18H2,1-3H3. The number of halogens is 1. The molecule has 1 heterocycles. The summed E-state index contributed by atoms with van der Waals surface area (Å²) >= 11 is 6.16. The molecule has 21 heavy (non-hydrogen) atoms. The Bertz CT molecular complexity index is 839. The molecule has 0 spiro atoms. The summed E-state index contributed by atoms with van der Waals surface area (Å²) in [6.07, 6.45) is 0. The molecule has 0 aliphatic carbocycles. The number of fused-ring (bicyclic) bond motifs is 1. The van der Waals surface area contributed by atoms with Gasteiger partial charge in [-0.25, -0.2) is 4.98 Å². The topological polar surface area (TPSA) is 53.1 Å². The third-order valence-corrected chi connectivity index (χ3v) is 3.98. The molecule has 0 radical (unpaired) electrons. The minimum absolute atomic E-state index is 0.493. The van der Waals surface area contributed by atoms with Crippen LogP contribution in [0.2, 0.25) is 5.02 Å². The summed E-state index contributed by atoms with van der Waals surface area (Å²) in [5.74, 6) is 1.46. The maximum Gasteiger partial charge on any atom is 0.144 e. The van der Waals surface area contributed by atoms with Crippen LogP contribution in [0.5, 0.6) is 5.75 Å². The number of imidazole rings is 1. The molecule has 0 saturated carbocycles. The minimum Gasteiger partial charge on any atom is -0.496 e. The first-order chi connectivity index (χ1) is 10.0. The molecule has 4 nitrogen and oxygen atoms in total. The van der Waals surface area contributed by atoms with E-state index < -0.39 is 0 Å². The molecule has 108 valence electrons. The third kappa shape index (κ3) is 2.12. The fraction of sp³-hybridized carbons (Fsp3) is 0.188. The largest absolute Gasteiger partial charge is 0.496 e. The van der Waals surface area contributed by atoms with Crippen molar-refractivity contribution in [3.63, 3.8) is 0 Å². The number of rotatable bonds is 2. The first kappa shape index (κ1) is 13.8. The van der Waals surface area contributed by atoms with Crippen LogP contribution in [0.1, 0.15) is 5.56 Å². The highest BCUT2D eigenvalue weighted by atomic mass is 35.5. The van der Waals surface area contributed by atoms with Gasteiger partial charge in [0, 0.05) is 13.1 Å². The summed E-state index contributed by atoms with van der Waals surface area (Å²) in [6, 6.07) is 9.59. The number of aryl methyl sites for hydroxylation is 2. The molecule has 3 aromatic rings. The van der Waals surface area contributed by atoms with Gasteiger partial charge in [-0.3, -0.25) is 0 Å². The number of nitrogens with zero attached hydrogens (tertiary/aromatic N) is 2. The minimum atomic E-state index is 0.493. The molecule has 0 unspecified atom stereocenters. The van der Waals surface area contributed by atoms with E-state index in [1.54, 1.807) is 19.2 Å². The number of para-hydroxylation sites is 1. The molecule has 3 rings (SSSR count). The van der Waals surface area contributed by atoms with E-state index in [0.29, 0.717) is 16.5 Å². The zero-order valence-corrected chi connectivity index (χ0v) is 12.9. The first-order valence-electron chi connectivity index (χ1n) is 6.58. The summed E-state index contributed by atoms with van der Waals surface area (Å²) in [6.45, 7) is 2.07. The number of nitrogens with two attached hydrogens (primary N) is 1. The molecular formula is C16H16ClN3O. The van der Waals surface area contributed by atoms with Crippen LogP contribution in [0, 0.1) is 6.92 Å². The molecule has 2 aromatic carbocycles. The molecular weight excluding hydrogens is 286 g/mol. The van der Waals surface area contributed by atoms with Crippen LogP contribution in [0.4, 0.5) is 5.69 Å². The maximum absolute atomic E-state index is 6.16. The van der Waals surface area contributed by atoms with Crippen LogP contribution >= 0.6 is 11.6 Å². The van der Waals surface area contributed by atoms with Gasteiger partial charge in [-0.05, 0) is 24.6 Å². The number of hydrogen-bond donors (Lipinski definition) is 1. The lowest BCUT2D eigenvalue weighted by molar-refractivity contribution is 0.416. The Kier molecular flexibility index (Phi) is 3.26. The number of methoxy groups -OCH3 is 1. The zero-order chi connectivity index (χ0) is 15.1. The van der Waals surface area contributed by atoms with E-state index >= 15 is 0 Å². The van der Waals surface area contributed by atoms with Gasteiger partial charge in [0.05, 0.1) is 34.4 Å².